The smallest absolute Gasteiger partial charge is 0.305 e. The van der Waals surface area contributed by atoms with Crippen molar-refractivity contribution >= 4 is 11.9 Å². The zero-order valence-corrected chi connectivity index (χ0v) is 21.7. The zero-order valence-electron chi connectivity index (χ0n) is 21.7. The molecule has 0 aliphatic carbocycles. The third-order valence-electron chi connectivity index (χ3n) is 6.19. The van der Waals surface area contributed by atoms with Gasteiger partial charge in [-0.25, -0.2) is 0 Å². The van der Waals surface area contributed by atoms with Crippen molar-refractivity contribution in [1.29, 1.82) is 0 Å². The van der Waals surface area contributed by atoms with Crippen LogP contribution in [0.2, 0.25) is 0 Å². The van der Waals surface area contributed by atoms with Crippen molar-refractivity contribution < 1.29 is 23.8 Å². The third kappa shape index (κ3) is 16.7. The fraction of sp³-hybridized carbons (Fsp3) is 0.724. The maximum Gasteiger partial charge on any atom is 0.305 e. The summed E-state index contributed by atoms with van der Waals surface area (Å²) < 4.78 is 16.0. The number of carbonyl (C=O) groups excluding carboxylic acids is 2. The quantitative estimate of drug-likeness (QED) is 0.129. The molecule has 0 aliphatic heterocycles. The second-order valence-corrected chi connectivity index (χ2v) is 9.15. The summed E-state index contributed by atoms with van der Waals surface area (Å²) in [5.74, 6) is 0.183. The summed E-state index contributed by atoms with van der Waals surface area (Å²) in [6.07, 6.45) is 14.6. The molecule has 194 valence electrons. The van der Waals surface area contributed by atoms with Crippen LogP contribution in [0.4, 0.5) is 0 Å². The van der Waals surface area contributed by atoms with Gasteiger partial charge in [0.15, 0.2) is 0 Å². The lowest BCUT2D eigenvalue weighted by molar-refractivity contribution is -0.145. The SMILES string of the molecule is CCCCCCCOC(=O)CCCCCCCCC(=O)OCCC(CCOC)c1ccccc1. The Hall–Kier alpha value is -1.88. The van der Waals surface area contributed by atoms with Gasteiger partial charge in [-0.1, -0.05) is 88.6 Å². The van der Waals surface area contributed by atoms with E-state index in [0.717, 1.165) is 64.2 Å². The Bertz CT molecular complexity index is 616. The highest BCUT2D eigenvalue weighted by atomic mass is 16.5. The van der Waals surface area contributed by atoms with Crippen LogP contribution in [0.15, 0.2) is 30.3 Å². The predicted molar refractivity (Wildman–Crippen MR) is 138 cm³/mol. The fourth-order valence-corrected chi connectivity index (χ4v) is 4.06. The molecule has 0 saturated carbocycles. The van der Waals surface area contributed by atoms with Crippen LogP contribution in [0.3, 0.4) is 0 Å². The van der Waals surface area contributed by atoms with Crippen molar-refractivity contribution in [2.24, 2.45) is 0 Å². The van der Waals surface area contributed by atoms with Gasteiger partial charge in [0.05, 0.1) is 13.2 Å². The lowest BCUT2D eigenvalue weighted by Crippen LogP contribution is -2.10. The summed E-state index contributed by atoms with van der Waals surface area (Å²) in [4.78, 5) is 23.8. The first-order valence-corrected chi connectivity index (χ1v) is 13.5. The van der Waals surface area contributed by atoms with Crippen LogP contribution in [0, 0.1) is 0 Å². The Morgan fingerprint density at radius 2 is 1.21 bits per heavy atom. The minimum atomic E-state index is -0.101. The van der Waals surface area contributed by atoms with Gasteiger partial charge in [0, 0.05) is 26.6 Å². The van der Waals surface area contributed by atoms with Crippen molar-refractivity contribution in [2.75, 3.05) is 26.9 Å². The second-order valence-electron chi connectivity index (χ2n) is 9.15. The molecule has 1 unspecified atom stereocenters. The van der Waals surface area contributed by atoms with Gasteiger partial charge < -0.3 is 14.2 Å². The van der Waals surface area contributed by atoms with Gasteiger partial charge in [0.2, 0.25) is 0 Å². The maximum atomic E-state index is 12.0. The fourth-order valence-electron chi connectivity index (χ4n) is 4.06. The Morgan fingerprint density at radius 3 is 1.82 bits per heavy atom. The number of carbonyl (C=O) groups is 2. The molecule has 0 aliphatic rings. The molecule has 1 rings (SSSR count). The van der Waals surface area contributed by atoms with Gasteiger partial charge in [-0.05, 0) is 43.6 Å². The molecule has 1 aromatic carbocycles. The molecule has 0 saturated heterocycles. The van der Waals surface area contributed by atoms with E-state index < -0.39 is 0 Å². The van der Waals surface area contributed by atoms with Gasteiger partial charge in [-0.2, -0.15) is 0 Å². The summed E-state index contributed by atoms with van der Waals surface area (Å²) >= 11 is 0. The first-order valence-electron chi connectivity index (χ1n) is 13.5. The number of unbranched alkanes of at least 4 members (excludes halogenated alkanes) is 9. The molecule has 34 heavy (non-hydrogen) atoms. The van der Waals surface area contributed by atoms with Crippen LogP contribution in [-0.2, 0) is 23.8 Å². The van der Waals surface area contributed by atoms with E-state index in [9.17, 15) is 9.59 Å². The van der Waals surface area contributed by atoms with E-state index in [1.54, 1.807) is 7.11 Å². The standard InChI is InChI=1S/C29H48O5/c1-3-4-5-10-16-23-33-28(30)19-14-8-6-7-9-15-20-29(31)34-25-22-27(21-24-32-2)26-17-12-11-13-18-26/h11-13,17-18,27H,3-10,14-16,19-25H2,1-2H3. The van der Waals surface area contributed by atoms with E-state index in [1.807, 2.05) is 18.2 Å². The van der Waals surface area contributed by atoms with Gasteiger partial charge in [0.1, 0.15) is 0 Å². The molecule has 0 aromatic heterocycles. The van der Waals surface area contributed by atoms with Gasteiger partial charge in [0.25, 0.3) is 0 Å². The molecule has 5 heteroatoms. The zero-order chi connectivity index (χ0) is 24.7. The van der Waals surface area contributed by atoms with E-state index in [-0.39, 0.29) is 11.9 Å². The molecular weight excluding hydrogens is 428 g/mol. The average molecular weight is 477 g/mol. The molecule has 0 bridgehead atoms. The Balaban J connectivity index is 1.97. The summed E-state index contributed by atoms with van der Waals surface area (Å²) in [7, 11) is 1.72. The van der Waals surface area contributed by atoms with Gasteiger partial charge >= 0.3 is 11.9 Å². The monoisotopic (exact) mass is 476 g/mol. The molecule has 5 nitrogen and oxygen atoms in total. The van der Waals surface area contributed by atoms with Crippen LogP contribution >= 0.6 is 0 Å². The summed E-state index contributed by atoms with van der Waals surface area (Å²) in [6.45, 7) is 3.92. The minimum Gasteiger partial charge on any atom is -0.466 e. The Labute approximate surface area is 207 Å². The summed E-state index contributed by atoms with van der Waals surface area (Å²) in [5, 5.41) is 0. The third-order valence-corrected chi connectivity index (χ3v) is 6.19. The molecule has 0 heterocycles. The molecule has 0 spiro atoms. The second kappa shape index (κ2) is 21.6. The molecule has 0 N–H and O–H groups in total. The van der Waals surface area contributed by atoms with Gasteiger partial charge in [-0.15, -0.1) is 0 Å². The number of hydrogen-bond acceptors (Lipinski definition) is 5. The number of ether oxygens (including phenoxy) is 3. The van der Waals surface area contributed by atoms with Crippen LogP contribution in [0.5, 0.6) is 0 Å². The topological polar surface area (TPSA) is 61.8 Å². The first-order chi connectivity index (χ1) is 16.7. The lowest BCUT2D eigenvalue weighted by atomic mass is 9.93. The van der Waals surface area contributed by atoms with Crippen LogP contribution in [0.1, 0.15) is 115 Å². The first kappa shape index (κ1) is 30.2. The van der Waals surface area contributed by atoms with E-state index in [0.29, 0.717) is 38.6 Å². The van der Waals surface area contributed by atoms with E-state index >= 15 is 0 Å². The summed E-state index contributed by atoms with van der Waals surface area (Å²) in [5.41, 5.74) is 1.27. The predicted octanol–water partition coefficient (Wildman–Crippen LogP) is 7.37. The highest BCUT2D eigenvalue weighted by Crippen LogP contribution is 2.23. The summed E-state index contributed by atoms with van der Waals surface area (Å²) in [6, 6.07) is 10.4. The Kier molecular flexibility index (Phi) is 19.2. The van der Waals surface area contributed by atoms with Gasteiger partial charge in [-0.3, -0.25) is 9.59 Å². The number of hydrogen-bond donors (Lipinski definition) is 0. The lowest BCUT2D eigenvalue weighted by Gasteiger charge is -2.17. The van der Waals surface area contributed by atoms with E-state index in [1.165, 1.54) is 24.8 Å². The number of esters is 2. The van der Waals surface area contributed by atoms with Crippen LogP contribution < -0.4 is 0 Å². The normalized spacial score (nSPS) is 11.8. The molecule has 0 radical (unpaired) electrons. The molecule has 1 aromatic rings. The van der Waals surface area contributed by atoms with Crippen molar-refractivity contribution in [1.82, 2.24) is 0 Å². The molecule has 0 fully saturated rings. The molecule has 1 atom stereocenters. The Morgan fingerprint density at radius 1 is 0.676 bits per heavy atom. The number of methoxy groups -OCH3 is 1. The largest absolute Gasteiger partial charge is 0.466 e. The number of benzene rings is 1. The van der Waals surface area contributed by atoms with Crippen molar-refractivity contribution in [3.63, 3.8) is 0 Å². The maximum absolute atomic E-state index is 12.0. The van der Waals surface area contributed by atoms with Crippen molar-refractivity contribution in [2.45, 2.75) is 109 Å². The highest BCUT2D eigenvalue weighted by molar-refractivity contribution is 5.69. The van der Waals surface area contributed by atoms with Crippen molar-refractivity contribution in [3.8, 4) is 0 Å². The molecular formula is C29H48O5. The number of rotatable bonds is 22. The van der Waals surface area contributed by atoms with Crippen LogP contribution in [0.25, 0.3) is 0 Å². The molecule has 0 amide bonds. The highest BCUT2D eigenvalue weighted by Gasteiger charge is 2.12. The average Bonchev–Trinajstić information content (AvgIpc) is 2.85. The van der Waals surface area contributed by atoms with E-state index in [2.05, 4.69) is 19.1 Å². The minimum absolute atomic E-state index is 0.0602. The van der Waals surface area contributed by atoms with E-state index in [4.69, 9.17) is 14.2 Å². The van der Waals surface area contributed by atoms with Crippen LogP contribution in [-0.4, -0.2) is 38.9 Å². The van der Waals surface area contributed by atoms with Crippen molar-refractivity contribution in [3.05, 3.63) is 35.9 Å².